The zero-order valence-electron chi connectivity index (χ0n) is 12.3. The first-order chi connectivity index (χ1) is 9.56. The monoisotopic (exact) mass is 332 g/mol. The van der Waals surface area contributed by atoms with E-state index in [-0.39, 0.29) is 18.3 Å². The lowest BCUT2D eigenvalue weighted by Gasteiger charge is -2.17. The summed E-state index contributed by atoms with van der Waals surface area (Å²) in [7, 11) is 0. The number of hydrogen-bond acceptors (Lipinski definition) is 3. The van der Waals surface area contributed by atoms with Gasteiger partial charge < -0.3 is 15.4 Å². The molecule has 1 saturated heterocycles. The van der Waals surface area contributed by atoms with Gasteiger partial charge in [0.05, 0.1) is 5.02 Å². The molecule has 0 radical (unpaired) electrons. The molecular weight excluding hydrogens is 311 g/mol. The smallest absolute Gasteiger partial charge is 0.260 e. The topological polar surface area (TPSA) is 50.4 Å². The first kappa shape index (κ1) is 18.1. The second kappa shape index (κ2) is 8.47. The molecule has 1 aliphatic heterocycles. The lowest BCUT2D eigenvalue weighted by molar-refractivity contribution is -0.127. The highest BCUT2D eigenvalue weighted by molar-refractivity contribution is 6.32. The second-order valence-electron chi connectivity index (χ2n) is 5.23. The van der Waals surface area contributed by atoms with Crippen LogP contribution in [0.2, 0.25) is 5.02 Å². The Morgan fingerprint density at radius 3 is 3.00 bits per heavy atom. The van der Waals surface area contributed by atoms with Gasteiger partial charge in [-0.15, -0.1) is 12.4 Å². The molecule has 2 atom stereocenters. The number of nitrogens with one attached hydrogen (secondary N) is 2. The number of ether oxygens (including phenoxy) is 1. The van der Waals surface area contributed by atoms with Crippen molar-refractivity contribution in [2.45, 2.75) is 38.8 Å². The molecule has 4 nitrogen and oxygen atoms in total. The number of benzene rings is 1. The van der Waals surface area contributed by atoms with Crippen LogP contribution in [0, 0.1) is 6.92 Å². The lowest BCUT2D eigenvalue weighted by Crippen LogP contribution is -2.42. The third-order valence-corrected chi connectivity index (χ3v) is 3.76. The average Bonchev–Trinajstić information content (AvgIpc) is 2.93. The van der Waals surface area contributed by atoms with E-state index in [4.69, 9.17) is 16.3 Å². The number of aryl methyl sites for hydroxylation is 1. The Morgan fingerprint density at radius 2 is 2.33 bits per heavy atom. The van der Waals surface area contributed by atoms with Gasteiger partial charge in [0.1, 0.15) is 5.75 Å². The normalized spacial score (nSPS) is 18.7. The van der Waals surface area contributed by atoms with Crippen LogP contribution in [-0.2, 0) is 4.79 Å². The van der Waals surface area contributed by atoms with Gasteiger partial charge in [-0.3, -0.25) is 4.79 Å². The van der Waals surface area contributed by atoms with E-state index in [9.17, 15) is 4.79 Å². The molecule has 1 aromatic carbocycles. The van der Waals surface area contributed by atoms with Crippen molar-refractivity contribution in [2.75, 3.05) is 13.1 Å². The first-order valence-electron chi connectivity index (χ1n) is 7.00. The molecule has 1 amide bonds. The lowest BCUT2D eigenvalue weighted by atomic mass is 10.2. The molecular formula is C15H22Cl2N2O2. The van der Waals surface area contributed by atoms with Gasteiger partial charge in [-0.25, -0.2) is 0 Å². The summed E-state index contributed by atoms with van der Waals surface area (Å²) in [6.45, 7) is 5.37. The maximum absolute atomic E-state index is 12.0. The fourth-order valence-electron chi connectivity index (χ4n) is 2.24. The van der Waals surface area contributed by atoms with Crippen LogP contribution in [-0.4, -0.2) is 31.1 Å². The number of carbonyl (C=O) groups is 1. The van der Waals surface area contributed by atoms with Crippen LogP contribution < -0.4 is 15.4 Å². The second-order valence-corrected chi connectivity index (χ2v) is 5.64. The van der Waals surface area contributed by atoms with E-state index in [2.05, 4.69) is 10.6 Å². The SMILES string of the molecule is Cc1ccc(Cl)c(OC(C)C(=O)NCC2CCCN2)c1.Cl. The average molecular weight is 333 g/mol. The molecule has 118 valence electrons. The predicted molar refractivity (Wildman–Crippen MR) is 87.6 cm³/mol. The Bertz CT molecular complexity index is 477. The van der Waals surface area contributed by atoms with Gasteiger partial charge in [-0.05, 0) is 50.9 Å². The molecule has 0 spiro atoms. The van der Waals surface area contributed by atoms with Crippen LogP contribution in [0.1, 0.15) is 25.3 Å². The van der Waals surface area contributed by atoms with E-state index in [0.29, 0.717) is 23.4 Å². The van der Waals surface area contributed by atoms with Gasteiger partial charge in [-0.1, -0.05) is 17.7 Å². The molecule has 0 aromatic heterocycles. The number of amides is 1. The first-order valence-corrected chi connectivity index (χ1v) is 7.38. The van der Waals surface area contributed by atoms with Crippen molar-refractivity contribution in [2.24, 2.45) is 0 Å². The quantitative estimate of drug-likeness (QED) is 0.871. The van der Waals surface area contributed by atoms with E-state index < -0.39 is 6.10 Å². The summed E-state index contributed by atoms with van der Waals surface area (Å²) in [5.41, 5.74) is 1.05. The molecule has 0 aliphatic carbocycles. The number of halogens is 2. The van der Waals surface area contributed by atoms with Gasteiger partial charge >= 0.3 is 0 Å². The molecule has 2 unspecified atom stereocenters. The van der Waals surface area contributed by atoms with E-state index >= 15 is 0 Å². The third kappa shape index (κ3) is 5.38. The fraction of sp³-hybridized carbons (Fsp3) is 0.533. The largest absolute Gasteiger partial charge is 0.479 e. The van der Waals surface area contributed by atoms with Crippen LogP contribution >= 0.6 is 24.0 Å². The molecule has 6 heteroatoms. The van der Waals surface area contributed by atoms with E-state index in [1.54, 1.807) is 13.0 Å². The minimum Gasteiger partial charge on any atom is -0.479 e. The molecule has 0 saturated carbocycles. The number of carbonyl (C=O) groups excluding carboxylic acids is 1. The summed E-state index contributed by atoms with van der Waals surface area (Å²) in [5.74, 6) is 0.435. The predicted octanol–water partition coefficient (Wildman–Crippen LogP) is 2.71. The minimum atomic E-state index is -0.560. The zero-order chi connectivity index (χ0) is 14.5. The van der Waals surface area contributed by atoms with Crippen LogP contribution in [0.3, 0.4) is 0 Å². The maximum atomic E-state index is 12.0. The Balaban J connectivity index is 0.00000220. The van der Waals surface area contributed by atoms with Crippen molar-refractivity contribution < 1.29 is 9.53 Å². The van der Waals surface area contributed by atoms with Crippen molar-refractivity contribution in [3.05, 3.63) is 28.8 Å². The summed E-state index contributed by atoms with van der Waals surface area (Å²) >= 11 is 6.06. The van der Waals surface area contributed by atoms with Crippen LogP contribution in [0.25, 0.3) is 0 Å². The summed E-state index contributed by atoms with van der Waals surface area (Å²) in [6.07, 6.45) is 1.72. The summed E-state index contributed by atoms with van der Waals surface area (Å²) in [5, 5.41) is 6.77. The van der Waals surface area contributed by atoms with Gasteiger partial charge in [-0.2, -0.15) is 0 Å². The highest BCUT2D eigenvalue weighted by Crippen LogP contribution is 2.26. The molecule has 1 fully saturated rings. The Morgan fingerprint density at radius 1 is 1.57 bits per heavy atom. The van der Waals surface area contributed by atoms with Crippen molar-refractivity contribution in [1.82, 2.24) is 10.6 Å². The van der Waals surface area contributed by atoms with Gasteiger partial charge in [0, 0.05) is 12.6 Å². The van der Waals surface area contributed by atoms with E-state index in [0.717, 1.165) is 18.5 Å². The maximum Gasteiger partial charge on any atom is 0.260 e. The molecule has 0 bridgehead atoms. The van der Waals surface area contributed by atoms with Gasteiger partial charge in [0.25, 0.3) is 5.91 Å². The van der Waals surface area contributed by atoms with Crippen molar-refractivity contribution in [1.29, 1.82) is 0 Å². The van der Waals surface area contributed by atoms with Crippen molar-refractivity contribution in [3.63, 3.8) is 0 Å². The minimum absolute atomic E-state index is 0. The fourth-order valence-corrected chi connectivity index (χ4v) is 2.41. The number of rotatable bonds is 5. The van der Waals surface area contributed by atoms with E-state index in [1.165, 1.54) is 6.42 Å². The van der Waals surface area contributed by atoms with Crippen LogP contribution in [0.5, 0.6) is 5.75 Å². The zero-order valence-corrected chi connectivity index (χ0v) is 13.9. The molecule has 1 heterocycles. The molecule has 1 aromatic rings. The summed E-state index contributed by atoms with van der Waals surface area (Å²) in [6, 6.07) is 5.91. The highest BCUT2D eigenvalue weighted by Gasteiger charge is 2.19. The third-order valence-electron chi connectivity index (χ3n) is 3.44. The van der Waals surface area contributed by atoms with Crippen molar-refractivity contribution >= 4 is 29.9 Å². The highest BCUT2D eigenvalue weighted by atomic mass is 35.5. The Labute approximate surface area is 137 Å². The van der Waals surface area contributed by atoms with E-state index in [1.807, 2.05) is 19.1 Å². The Kier molecular flexibility index (Phi) is 7.29. The number of hydrogen-bond donors (Lipinski definition) is 2. The summed E-state index contributed by atoms with van der Waals surface area (Å²) < 4.78 is 5.64. The molecule has 21 heavy (non-hydrogen) atoms. The Hall–Kier alpha value is -0.970. The van der Waals surface area contributed by atoms with Crippen molar-refractivity contribution in [3.8, 4) is 5.75 Å². The summed E-state index contributed by atoms with van der Waals surface area (Å²) in [4.78, 5) is 12.0. The van der Waals surface area contributed by atoms with Gasteiger partial charge in [0.15, 0.2) is 6.10 Å². The molecule has 1 aliphatic rings. The molecule has 2 rings (SSSR count). The van der Waals surface area contributed by atoms with Crippen LogP contribution in [0.4, 0.5) is 0 Å². The van der Waals surface area contributed by atoms with Gasteiger partial charge in [0.2, 0.25) is 0 Å². The standard InChI is InChI=1S/C15H21ClN2O2.ClH/c1-10-5-6-13(16)14(8-10)20-11(2)15(19)18-9-12-4-3-7-17-12;/h5-6,8,11-12,17H,3-4,7,9H2,1-2H3,(H,18,19);1H. The van der Waals surface area contributed by atoms with Crippen LogP contribution in [0.15, 0.2) is 18.2 Å². The molecule has 2 N–H and O–H groups in total.